The lowest BCUT2D eigenvalue weighted by Gasteiger charge is -2.49. The maximum atomic E-state index is 12.2. The number of ether oxygens (including phenoxy) is 1. The number of hydrogen-bond donors (Lipinski definition) is 2. The molecule has 1 rings (SSSR count). The Hall–Kier alpha value is -1.10. The van der Waals surface area contributed by atoms with Gasteiger partial charge in [-0.3, -0.25) is 4.79 Å². The van der Waals surface area contributed by atoms with Gasteiger partial charge in [0.15, 0.2) is 0 Å². The normalized spacial score (nSPS) is 26.5. The van der Waals surface area contributed by atoms with Crippen LogP contribution in [0.1, 0.15) is 40.5 Å². The van der Waals surface area contributed by atoms with Crippen LogP contribution in [0, 0.1) is 17.3 Å². The van der Waals surface area contributed by atoms with Crippen LogP contribution in [0.3, 0.4) is 0 Å². The Bertz CT molecular complexity index is 353. The summed E-state index contributed by atoms with van der Waals surface area (Å²) < 4.78 is 4.74. The molecule has 0 aromatic rings. The molecule has 0 saturated heterocycles. The number of nitrogens with two attached hydrogens (primary N) is 1. The average Bonchev–Trinajstić information content (AvgIpc) is 2.33. The van der Waals surface area contributed by atoms with Crippen LogP contribution in [-0.2, 0) is 14.3 Å². The predicted octanol–water partition coefficient (Wildman–Crippen LogP) is 1.06. The van der Waals surface area contributed by atoms with Gasteiger partial charge in [-0.15, -0.1) is 0 Å². The van der Waals surface area contributed by atoms with Gasteiger partial charge in [0, 0.05) is 12.0 Å². The molecule has 1 fully saturated rings. The van der Waals surface area contributed by atoms with Crippen LogP contribution in [-0.4, -0.2) is 31.1 Å². The van der Waals surface area contributed by atoms with E-state index in [1.807, 2.05) is 27.7 Å². The summed E-state index contributed by atoms with van der Waals surface area (Å²) in [6, 6.07) is -0.518. The number of carbonyl (C=O) groups is 2. The third-order valence-electron chi connectivity index (χ3n) is 4.17. The van der Waals surface area contributed by atoms with E-state index in [0.717, 1.165) is 0 Å². The Kier molecular flexibility index (Phi) is 4.96. The fraction of sp³-hybridized carbons (Fsp3) is 0.857. The molecule has 19 heavy (non-hydrogen) atoms. The number of carbonyl (C=O) groups excluding carboxylic acids is 2. The topological polar surface area (TPSA) is 81.4 Å². The highest BCUT2D eigenvalue weighted by Crippen LogP contribution is 2.45. The monoisotopic (exact) mass is 270 g/mol. The summed E-state index contributed by atoms with van der Waals surface area (Å²) in [7, 11) is 1.34. The zero-order valence-electron chi connectivity index (χ0n) is 12.5. The summed E-state index contributed by atoms with van der Waals surface area (Å²) in [6.07, 6.45) is 1.26. The molecule has 1 saturated carbocycles. The Balaban J connectivity index is 2.64. The van der Waals surface area contributed by atoms with Gasteiger partial charge in [-0.2, -0.15) is 0 Å². The van der Waals surface area contributed by atoms with Crippen LogP contribution in [0.25, 0.3) is 0 Å². The molecule has 5 heteroatoms. The molecule has 110 valence electrons. The molecule has 3 atom stereocenters. The molecule has 1 aliphatic carbocycles. The predicted molar refractivity (Wildman–Crippen MR) is 73.3 cm³/mol. The van der Waals surface area contributed by atoms with E-state index < -0.39 is 6.04 Å². The minimum atomic E-state index is -0.565. The molecule has 1 aliphatic rings. The minimum absolute atomic E-state index is 0.0462. The highest BCUT2D eigenvalue weighted by atomic mass is 16.5. The molecule has 1 amide bonds. The first-order chi connectivity index (χ1) is 8.70. The lowest BCUT2D eigenvalue weighted by Crippen LogP contribution is -2.61. The Morgan fingerprint density at radius 1 is 1.42 bits per heavy atom. The minimum Gasteiger partial charge on any atom is -0.467 e. The average molecular weight is 270 g/mol. The van der Waals surface area contributed by atoms with Crippen molar-refractivity contribution in [3.05, 3.63) is 0 Å². The maximum absolute atomic E-state index is 12.2. The van der Waals surface area contributed by atoms with E-state index in [1.54, 1.807) is 0 Å². The molecular formula is C14H26N2O3. The number of nitrogens with one attached hydrogen (secondary N) is 1. The van der Waals surface area contributed by atoms with Crippen molar-refractivity contribution in [3.63, 3.8) is 0 Å². The van der Waals surface area contributed by atoms with Gasteiger partial charge < -0.3 is 15.8 Å². The van der Waals surface area contributed by atoms with Crippen molar-refractivity contribution in [3.8, 4) is 0 Å². The number of amides is 1. The summed E-state index contributed by atoms with van der Waals surface area (Å²) >= 11 is 0. The molecule has 0 aromatic carbocycles. The Morgan fingerprint density at radius 2 is 2.00 bits per heavy atom. The number of esters is 1. The van der Waals surface area contributed by atoms with Crippen LogP contribution >= 0.6 is 0 Å². The van der Waals surface area contributed by atoms with Gasteiger partial charge in [0.2, 0.25) is 5.91 Å². The number of hydrogen-bond acceptors (Lipinski definition) is 4. The fourth-order valence-electron chi connectivity index (χ4n) is 2.50. The van der Waals surface area contributed by atoms with Crippen molar-refractivity contribution in [1.29, 1.82) is 0 Å². The summed E-state index contributed by atoms with van der Waals surface area (Å²) in [6.45, 7) is 7.98. The van der Waals surface area contributed by atoms with E-state index in [0.29, 0.717) is 18.8 Å². The highest BCUT2D eigenvalue weighted by Gasteiger charge is 2.50. The number of rotatable bonds is 5. The Labute approximate surface area is 115 Å². The van der Waals surface area contributed by atoms with Crippen LogP contribution in [0.4, 0.5) is 0 Å². The standard InChI is InChI=1S/C14H26N2O3/c1-8(2)6-10(13(18)19-5)16-12(17)9-7-11(15)14(9,3)4/h8-11H,6-7,15H2,1-5H3,(H,16,17)/t9-,10+,11-/m1/s1. The van der Waals surface area contributed by atoms with E-state index in [-0.39, 0.29) is 29.3 Å². The molecule has 0 spiro atoms. The largest absolute Gasteiger partial charge is 0.467 e. The summed E-state index contributed by atoms with van der Waals surface area (Å²) in [5, 5.41) is 2.81. The first kappa shape index (κ1) is 16.0. The maximum Gasteiger partial charge on any atom is 0.328 e. The molecule has 0 unspecified atom stereocenters. The van der Waals surface area contributed by atoms with Gasteiger partial charge in [-0.25, -0.2) is 4.79 Å². The fourth-order valence-corrected chi connectivity index (χ4v) is 2.50. The molecular weight excluding hydrogens is 244 g/mol. The van der Waals surface area contributed by atoms with Gasteiger partial charge in [0.25, 0.3) is 0 Å². The van der Waals surface area contributed by atoms with Gasteiger partial charge >= 0.3 is 5.97 Å². The second kappa shape index (κ2) is 5.90. The third kappa shape index (κ3) is 3.47. The van der Waals surface area contributed by atoms with Gasteiger partial charge in [0.1, 0.15) is 6.04 Å². The van der Waals surface area contributed by atoms with Gasteiger partial charge in [-0.05, 0) is 24.2 Å². The zero-order valence-corrected chi connectivity index (χ0v) is 12.5. The lowest BCUT2D eigenvalue weighted by molar-refractivity contribution is -0.148. The van der Waals surface area contributed by atoms with E-state index in [2.05, 4.69) is 5.32 Å². The quantitative estimate of drug-likeness (QED) is 0.732. The second-order valence-electron chi connectivity index (χ2n) is 6.43. The van der Waals surface area contributed by atoms with Crippen LogP contribution in [0.2, 0.25) is 0 Å². The second-order valence-corrected chi connectivity index (χ2v) is 6.43. The van der Waals surface area contributed by atoms with Gasteiger partial charge in [0.05, 0.1) is 7.11 Å². The molecule has 0 aromatic heterocycles. The van der Waals surface area contributed by atoms with Crippen molar-refractivity contribution in [1.82, 2.24) is 5.32 Å². The summed E-state index contributed by atoms with van der Waals surface area (Å²) in [5.74, 6) is -0.297. The van der Waals surface area contributed by atoms with E-state index >= 15 is 0 Å². The van der Waals surface area contributed by atoms with E-state index in [4.69, 9.17) is 10.5 Å². The van der Waals surface area contributed by atoms with Crippen molar-refractivity contribution in [2.75, 3.05) is 7.11 Å². The first-order valence-corrected chi connectivity index (χ1v) is 6.84. The molecule has 0 aliphatic heterocycles. The van der Waals surface area contributed by atoms with Crippen molar-refractivity contribution >= 4 is 11.9 Å². The van der Waals surface area contributed by atoms with E-state index in [1.165, 1.54) is 7.11 Å². The van der Waals surface area contributed by atoms with E-state index in [9.17, 15) is 9.59 Å². The molecule has 0 bridgehead atoms. The first-order valence-electron chi connectivity index (χ1n) is 6.84. The van der Waals surface area contributed by atoms with Crippen molar-refractivity contribution < 1.29 is 14.3 Å². The lowest BCUT2D eigenvalue weighted by atomic mass is 9.58. The van der Waals surface area contributed by atoms with Crippen LogP contribution < -0.4 is 11.1 Å². The molecule has 0 radical (unpaired) electrons. The number of methoxy groups -OCH3 is 1. The third-order valence-corrected chi connectivity index (χ3v) is 4.17. The van der Waals surface area contributed by atoms with Crippen LogP contribution in [0.15, 0.2) is 0 Å². The molecule has 0 heterocycles. The SMILES string of the molecule is COC(=O)[C@H](CC(C)C)NC(=O)[C@H]1C[C@@H](N)C1(C)C. The molecule has 3 N–H and O–H groups in total. The van der Waals surface area contributed by atoms with Crippen molar-refractivity contribution in [2.24, 2.45) is 23.0 Å². The van der Waals surface area contributed by atoms with Crippen LogP contribution in [0.5, 0.6) is 0 Å². The Morgan fingerprint density at radius 3 is 2.37 bits per heavy atom. The molecule has 5 nitrogen and oxygen atoms in total. The van der Waals surface area contributed by atoms with Gasteiger partial charge in [-0.1, -0.05) is 27.7 Å². The zero-order chi connectivity index (χ0) is 14.8. The van der Waals surface area contributed by atoms with Crippen molar-refractivity contribution in [2.45, 2.75) is 52.6 Å². The highest BCUT2D eigenvalue weighted by molar-refractivity contribution is 5.86. The smallest absolute Gasteiger partial charge is 0.328 e. The summed E-state index contributed by atoms with van der Waals surface area (Å²) in [5.41, 5.74) is 5.70. The summed E-state index contributed by atoms with van der Waals surface area (Å²) in [4.78, 5) is 23.9.